The van der Waals surface area contributed by atoms with Crippen LogP contribution in [-0.2, 0) is 5.41 Å². The lowest BCUT2D eigenvalue weighted by molar-refractivity contribution is -0.0399. The molecule has 0 aliphatic heterocycles. The summed E-state index contributed by atoms with van der Waals surface area (Å²) in [5.74, 6) is 6.10. The van der Waals surface area contributed by atoms with E-state index >= 15 is 0 Å². The third kappa shape index (κ3) is 6.16. The predicted molar refractivity (Wildman–Crippen MR) is 261 cm³/mol. The number of rotatable bonds is 7. The van der Waals surface area contributed by atoms with Crippen LogP contribution in [-0.4, -0.2) is 29.9 Å². The number of nitrogens with zero attached hydrogens (tertiary/aromatic N) is 7. The summed E-state index contributed by atoms with van der Waals surface area (Å²) in [6.45, 7) is 8.75. The van der Waals surface area contributed by atoms with Crippen LogP contribution in [0.1, 0.15) is 43.2 Å². The Labute approximate surface area is 384 Å². The van der Waals surface area contributed by atoms with Gasteiger partial charge in [0.25, 0.3) is 0 Å². The molecule has 5 aliphatic rings. The van der Waals surface area contributed by atoms with Crippen molar-refractivity contribution in [1.29, 1.82) is 0 Å². The lowest BCUT2D eigenvalue weighted by atomic mass is 9.43. The lowest BCUT2D eigenvalue weighted by Crippen LogP contribution is -2.55. The summed E-state index contributed by atoms with van der Waals surface area (Å²) in [5, 5.41) is 0. The van der Waals surface area contributed by atoms with E-state index in [9.17, 15) is 0 Å². The van der Waals surface area contributed by atoms with Gasteiger partial charge in [0.15, 0.2) is 40.6 Å². The molecule has 4 bridgehead atoms. The predicted octanol–water partition coefficient (Wildman–Crippen LogP) is 14.0. The highest BCUT2D eigenvalue weighted by Gasteiger charge is 2.61. The Bertz CT molecular complexity index is 3240. The van der Waals surface area contributed by atoms with Crippen LogP contribution in [0.25, 0.3) is 95.4 Å². The van der Waals surface area contributed by atoms with Crippen LogP contribution in [0.4, 0.5) is 5.69 Å². The topological polar surface area (TPSA) is 81.7 Å². The van der Waals surface area contributed by atoms with Gasteiger partial charge in [-0.1, -0.05) is 164 Å². The average molecular weight is 850 g/mol. The van der Waals surface area contributed by atoms with E-state index in [2.05, 4.69) is 47.3 Å². The Balaban J connectivity index is 1.06. The maximum Gasteiger partial charge on any atom is 0.198 e. The molecular weight excluding hydrogens is 807 g/mol. The highest BCUT2D eigenvalue weighted by atomic mass is 15.0. The highest BCUT2D eigenvalue weighted by molar-refractivity contribution is 5.94. The van der Waals surface area contributed by atoms with Crippen molar-refractivity contribution in [3.05, 3.63) is 198 Å². The van der Waals surface area contributed by atoms with Gasteiger partial charge in [-0.05, 0) is 101 Å². The van der Waals surface area contributed by atoms with Gasteiger partial charge >= 0.3 is 0 Å². The second-order valence-corrected chi connectivity index (χ2v) is 18.6. The fraction of sp³-hybridized carbons (Fsp3) is 0.169. The van der Waals surface area contributed by atoms with Gasteiger partial charge in [-0.2, -0.15) is 0 Å². The maximum absolute atomic E-state index is 8.75. The van der Waals surface area contributed by atoms with Crippen molar-refractivity contribution in [1.82, 2.24) is 29.9 Å². The van der Waals surface area contributed by atoms with Gasteiger partial charge in [0, 0.05) is 38.8 Å². The first kappa shape index (κ1) is 38.5. The number of fused-ring (bicyclic) bond motifs is 3. The van der Waals surface area contributed by atoms with Crippen molar-refractivity contribution in [3.8, 4) is 90.6 Å². The fourth-order valence-corrected chi connectivity index (χ4v) is 12.5. The monoisotopic (exact) mass is 849 g/mol. The summed E-state index contributed by atoms with van der Waals surface area (Å²) in [6.07, 6.45) is 6.71. The molecule has 0 unspecified atom stereocenters. The number of benzene rings is 7. The van der Waals surface area contributed by atoms with E-state index in [4.69, 9.17) is 36.5 Å². The quantitative estimate of drug-likeness (QED) is 0.149. The van der Waals surface area contributed by atoms with Crippen LogP contribution in [0.5, 0.6) is 0 Å². The lowest BCUT2D eigenvalue weighted by Gasteiger charge is -2.61. The Morgan fingerprint density at radius 2 is 0.773 bits per heavy atom. The minimum atomic E-state index is 0.0429. The molecule has 4 fully saturated rings. The van der Waals surface area contributed by atoms with E-state index in [1.807, 2.05) is 133 Å². The van der Waals surface area contributed by atoms with Crippen molar-refractivity contribution in [3.63, 3.8) is 0 Å². The van der Waals surface area contributed by atoms with E-state index in [0.29, 0.717) is 58.0 Å². The van der Waals surface area contributed by atoms with Crippen LogP contribution >= 0.6 is 0 Å². The first-order valence-corrected chi connectivity index (χ1v) is 23.2. The summed E-state index contributed by atoms with van der Waals surface area (Å²) >= 11 is 0. The molecule has 2 aromatic heterocycles. The molecule has 2 heterocycles. The third-order valence-corrected chi connectivity index (χ3v) is 15.0. The van der Waals surface area contributed by atoms with E-state index in [1.165, 1.54) is 54.4 Å². The van der Waals surface area contributed by atoms with Gasteiger partial charge < -0.3 is 0 Å². The van der Waals surface area contributed by atoms with E-state index in [1.54, 1.807) is 0 Å². The van der Waals surface area contributed by atoms with Gasteiger partial charge in [-0.3, -0.25) is 0 Å². The Hall–Kier alpha value is -7.95. The van der Waals surface area contributed by atoms with Crippen LogP contribution in [0.2, 0.25) is 0 Å². The Kier molecular flexibility index (Phi) is 8.96. The van der Waals surface area contributed by atoms with E-state index < -0.39 is 0 Å². The largest absolute Gasteiger partial charge is 0.237 e. The molecule has 0 atom stereocenters. The molecule has 4 saturated carbocycles. The minimum Gasteiger partial charge on any atom is -0.237 e. The second kappa shape index (κ2) is 15.4. The van der Waals surface area contributed by atoms with E-state index in [0.717, 1.165) is 50.8 Å². The molecule has 7 nitrogen and oxygen atoms in total. The molecule has 0 amide bonds. The molecule has 7 aromatic carbocycles. The molecule has 14 rings (SSSR count). The van der Waals surface area contributed by atoms with Gasteiger partial charge in [-0.15, -0.1) is 0 Å². The van der Waals surface area contributed by atoms with Crippen LogP contribution < -0.4 is 0 Å². The van der Waals surface area contributed by atoms with Crippen molar-refractivity contribution in [2.75, 3.05) is 0 Å². The molecule has 9 aromatic rings. The normalized spacial score (nSPS) is 20.8. The zero-order valence-electron chi connectivity index (χ0n) is 36.2. The summed E-state index contributed by atoms with van der Waals surface area (Å²) in [6, 6.07) is 60.4. The van der Waals surface area contributed by atoms with E-state index in [-0.39, 0.29) is 5.41 Å². The summed E-state index contributed by atoms with van der Waals surface area (Å²) in [7, 11) is 0. The summed E-state index contributed by atoms with van der Waals surface area (Å²) in [5.41, 5.74) is 12.8. The third-order valence-electron chi connectivity index (χ3n) is 15.0. The minimum absolute atomic E-state index is 0.0429. The first-order valence-electron chi connectivity index (χ1n) is 23.2. The van der Waals surface area contributed by atoms with Crippen molar-refractivity contribution >= 4 is 5.69 Å². The molecule has 0 saturated heterocycles. The highest BCUT2D eigenvalue weighted by Crippen LogP contribution is 2.69. The molecular formula is C59H43N7. The summed E-state index contributed by atoms with van der Waals surface area (Å²) in [4.78, 5) is 35.0. The number of hydrogen-bond acceptors (Lipinski definition) is 6. The zero-order valence-corrected chi connectivity index (χ0v) is 36.2. The fourth-order valence-electron chi connectivity index (χ4n) is 12.5. The Morgan fingerprint density at radius 1 is 0.348 bits per heavy atom. The molecule has 66 heavy (non-hydrogen) atoms. The molecule has 314 valence electrons. The Morgan fingerprint density at radius 3 is 1.26 bits per heavy atom. The average Bonchev–Trinajstić information content (AvgIpc) is 3.68. The number of aromatic nitrogens is 6. The standard InChI is InChI=1S/C59H43N7/c1-60-52-35-46(42-26-27-51-47(33-42)45-24-14-15-25-50(45)59(51)43-29-36-28-37(31-43)32-44(59)30-36)48(57-63-53(38-16-6-2-7-17-38)61-54(64-57)39-18-8-3-9-19-39)34-49(52)58-65-55(40-20-10-4-11-21-40)62-56(66-58)41-22-12-5-13-23-41/h2-27,33-37,43-44H,28-32H2. The van der Waals surface area contributed by atoms with Crippen molar-refractivity contribution in [2.24, 2.45) is 23.7 Å². The van der Waals surface area contributed by atoms with Crippen LogP contribution in [0.3, 0.4) is 0 Å². The zero-order chi connectivity index (χ0) is 43.8. The molecule has 1 spiro atoms. The van der Waals surface area contributed by atoms with Crippen LogP contribution in [0.15, 0.2) is 176 Å². The van der Waals surface area contributed by atoms with Crippen molar-refractivity contribution in [2.45, 2.75) is 37.5 Å². The molecule has 7 heteroatoms. The maximum atomic E-state index is 8.75. The molecule has 0 N–H and O–H groups in total. The van der Waals surface area contributed by atoms with Crippen molar-refractivity contribution < 1.29 is 0 Å². The van der Waals surface area contributed by atoms with Gasteiger partial charge in [-0.25, -0.2) is 34.7 Å². The SMILES string of the molecule is [C-]#[N+]c1cc(-c2ccc3c(c2)-c2ccccc2C32C3CC4CC(C3)CC2C4)c(-c2nc(-c3ccccc3)nc(-c3ccccc3)n2)cc1-c1nc(-c2ccccc2)nc(-c2ccccc2)n1. The van der Waals surface area contributed by atoms with Gasteiger partial charge in [0.05, 0.1) is 6.57 Å². The van der Waals surface area contributed by atoms with Gasteiger partial charge in [0.2, 0.25) is 0 Å². The first-order chi connectivity index (χ1) is 32.6. The molecule has 0 radical (unpaired) electrons. The molecule has 5 aliphatic carbocycles. The van der Waals surface area contributed by atoms with Gasteiger partial charge in [0.1, 0.15) is 0 Å². The summed E-state index contributed by atoms with van der Waals surface area (Å²) < 4.78 is 0. The van der Waals surface area contributed by atoms with Crippen LogP contribution in [0, 0.1) is 30.2 Å². The smallest absolute Gasteiger partial charge is 0.198 e. The second-order valence-electron chi connectivity index (χ2n) is 18.6. The number of hydrogen-bond donors (Lipinski definition) is 0.